The number of fused-ring (bicyclic) bond motifs is 1. The van der Waals surface area contributed by atoms with E-state index in [2.05, 4.69) is 47.2 Å². The number of aryl methyl sites for hydroxylation is 1. The van der Waals surface area contributed by atoms with E-state index < -0.39 is 0 Å². The van der Waals surface area contributed by atoms with Gasteiger partial charge in [0, 0.05) is 28.9 Å². The second-order valence-electron chi connectivity index (χ2n) is 4.12. The van der Waals surface area contributed by atoms with Gasteiger partial charge in [-0.2, -0.15) is 0 Å². The van der Waals surface area contributed by atoms with Crippen LogP contribution in [0.15, 0.2) is 48.8 Å². The second-order valence-corrected chi connectivity index (χ2v) is 4.12. The van der Waals surface area contributed by atoms with Crippen molar-refractivity contribution in [3.8, 4) is 11.3 Å². The average Bonchev–Trinajstić information content (AvgIpc) is 2.78. The number of benzene rings is 1. The van der Waals surface area contributed by atoms with Gasteiger partial charge in [0.25, 0.3) is 0 Å². The minimum atomic E-state index is 1.02. The maximum Gasteiger partial charge on any atom is 0.0512 e. The van der Waals surface area contributed by atoms with Gasteiger partial charge < -0.3 is 4.98 Å². The van der Waals surface area contributed by atoms with Gasteiger partial charge in [-0.25, -0.2) is 0 Å². The minimum absolute atomic E-state index is 1.02. The van der Waals surface area contributed by atoms with Crippen molar-refractivity contribution in [1.82, 2.24) is 9.97 Å². The molecule has 3 aromatic rings. The Bertz CT molecular complexity index is 638. The molecule has 0 saturated carbocycles. The topological polar surface area (TPSA) is 28.7 Å². The smallest absolute Gasteiger partial charge is 0.0512 e. The fourth-order valence-electron chi connectivity index (χ4n) is 2.32. The number of nitrogens with zero attached hydrogens (tertiary/aromatic N) is 1. The summed E-state index contributed by atoms with van der Waals surface area (Å²) in [6.07, 6.45) is 4.73. The number of pyridine rings is 1. The van der Waals surface area contributed by atoms with Crippen molar-refractivity contribution < 1.29 is 0 Å². The van der Waals surface area contributed by atoms with Gasteiger partial charge in [-0.05, 0) is 30.2 Å². The van der Waals surface area contributed by atoms with Gasteiger partial charge in [0.05, 0.1) is 5.69 Å². The van der Waals surface area contributed by atoms with Crippen molar-refractivity contribution in [2.75, 3.05) is 0 Å². The number of rotatable bonds is 2. The molecule has 0 aliphatic carbocycles. The molecular formula is C15H14N2. The van der Waals surface area contributed by atoms with Gasteiger partial charge in [-0.1, -0.05) is 25.1 Å². The molecule has 0 spiro atoms. The van der Waals surface area contributed by atoms with Gasteiger partial charge in [0.15, 0.2) is 0 Å². The molecule has 0 atom stereocenters. The number of para-hydroxylation sites is 1. The molecule has 2 nitrogen and oxygen atoms in total. The molecule has 2 heterocycles. The Balaban J connectivity index is 2.30. The molecule has 0 unspecified atom stereocenters. The molecule has 2 heteroatoms. The first-order valence-electron chi connectivity index (χ1n) is 5.90. The van der Waals surface area contributed by atoms with E-state index in [0.29, 0.717) is 0 Å². The van der Waals surface area contributed by atoms with Gasteiger partial charge >= 0.3 is 0 Å². The predicted octanol–water partition coefficient (Wildman–Crippen LogP) is 3.79. The van der Waals surface area contributed by atoms with E-state index in [4.69, 9.17) is 0 Å². The second kappa shape index (κ2) is 4.06. The number of hydrogen-bond donors (Lipinski definition) is 1. The van der Waals surface area contributed by atoms with Gasteiger partial charge in [-0.15, -0.1) is 0 Å². The molecule has 0 fully saturated rings. The molecule has 1 N–H and O–H groups in total. The maximum absolute atomic E-state index is 4.19. The first-order valence-corrected chi connectivity index (χ1v) is 5.90. The van der Waals surface area contributed by atoms with Crippen LogP contribution in [0.5, 0.6) is 0 Å². The van der Waals surface area contributed by atoms with Gasteiger partial charge in [-0.3, -0.25) is 4.98 Å². The summed E-state index contributed by atoms with van der Waals surface area (Å²) in [7, 11) is 0. The van der Waals surface area contributed by atoms with Crippen LogP contribution in [0.1, 0.15) is 12.5 Å². The number of H-pyrrole nitrogens is 1. The van der Waals surface area contributed by atoms with Crippen LogP contribution in [0.3, 0.4) is 0 Å². The summed E-state index contributed by atoms with van der Waals surface area (Å²) < 4.78 is 0. The highest BCUT2D eigenvalue weighted by Gasteiger charge is 2.10. The summed E-state index contributed by atoms with van der Waals surface area (Å²) in [4.78, 5) is 7.68. The van der Waals surface area contributed by atoms with E-state index in [1.165, 1.54) is 22.2 Å². The minimum Gasteiger partial charge on any atom is -0.354 e. The average molecular weight is 222 g/mol. The molecule has 2 aromatic heterocycles. The van der Waals surface area contributed by atoms with E-state index in [1.807, 2.05) is 12.3 Å². The summed E-state index contributed by atoms with van der Waals surface area (Å²) in [5.74, 6) is 0. The lowest BCUT2D eigenvalue weighted by Crippen LogP contribution is -1.85. The molecule has 17 heavy (non-hydrogen) atoms. The third-order valence-corrected chi connectivity index (χ3v) is 3.12. The van der Waals surface area contributed by atoms with Crippen molar-refractivity contribution >= 4 is 10.9 Å². The third kappa shape index (κ3) is 1.62. The predicted molar refractivity (Wildman–Crippen MR) is 70.9 cm³/mol. The molecule has 0 amide bonds. The summed E-state index contributed by atoms with van der Waals surface area (Å²) in [5.41, 5.74) is 4.92. The van der Waals surface area contributed by atoms with E-state index in [1.54, 1.807) is 6.20 Å². The van der Waals surface area contributed by atoms with E-state index in [0.717, 1.165) is 12.0 Å². The van der Waals surface area contributed by atoms with Crippen molar-refractivity contribution in [2.24, 2.45) is 0 Å². The van der Waals surface area contributed by atoms with Crippen LogP contribution in [0.2, 0.25) is 0 Å². The zero-order valence-corrected chi connectivity index (χ0v) is 9.77. The van der Waals surface area contributed by atoms with Crippen molar-refractivity contribution in [1.29, 1.82) is 0 Å². The lowest BCUT2D eigenvalue weighted by atomic mass is 10.0. The lowest BCUT2D eigenvalue weighted by molar-refractivity contribution is 1.15. The monoisotopic (exact) mass is 222 g/mol. The number of nitrogens with one attached hydrogen (secondary N) is 1. The Kier molecular flexibility index (Phi) is 2.41. The Hall–Kier alpha value is -2.09. The fraction of sp³-hybridized carbons (Fsp3) is 0.133. The Morgan fingerprint density at radius 2 is 2.00 bits per heavy atom. The molecular weight excluding hydrogens is 208 g/mol. The van der Waals surface area contributed by atoms with Crippen LogP contribution in [0.4, 0.5) is 0 Å². The molecule has 0 aliphatic heterocycles. The molecule has 0 radical (unpaired) electrons. The molecule has 0 bridgehead atoms. The number of aromatic nitrogens is 2. The van der Waals surface area contributed by atoms with Crippen LogP contribution in [0.25, 0.3) is 22.2 Å². The first kappa shape index (κ1) is 10.1. The summed E-state index contributed by atoms with van der Waals surface area (Å²) in [6, 6.07) is 12.5. The zero-order chi connectivity index (χ0) is 11.7. The van der Waals surface area contributed by atoms with Gasteiger partial charge in [0.2, 0.25) is 0 Å². The summed E-state index contributed by atoms with van der Waals surface area (Å²) >= 11 is 0. The zero-order valence-electron chi connectivity index (χ0n) is 9.77. The highest BCUT2D eigenvalue weighted by molar-refractivity contribution is 5.90. The van der Waals surface area contributed by atoms with E-state index in [-0.39, 0.29) is 0 Å². The SMILES string of the molecule is CCc1c(-c2cccnc2)[nH]c2ccccc12. The largest absolute Gasteiger partial charge is 0.354 e. The van der Waals surface area contributed by atoms with Crippen LogP contribution in [0, 0.1) is 0 Å². The van der Waals surface area contributed by atoms with E-state index >= 15 is 0 Å². The fourth-order valence-corrected chi connectivity index (χ4v) is 2.32. The standard InChI is InChI=1S/C15H14N2/c1-2-12-13-7-3-4-8-14(13)17-15(12)11-6-5-9-16-10-11/h3-10,17H,2H2,1H3. The lowest BCUT2D eigenvalue weighted by Gasteiger charge is -2.01. The maximum atomic E-state index is 4.19. The van der Waals surface area contributed by atoms with Crippen LogP contribution < -0.4 is 0 Å². The molecule has 0 saturated heterocycles. The first-order chi connectivity index (χ1) is 8.40. The highest BCUT2D eigenvalue weighted by atomic mass is 14.7. The van der Waals surface area contributed by atoms with Crippen LogP contribution in [-0.4, -0.2) is 9.97 Å². The van der Waals surface area contributed by atoms with Gasteiger partial charge in [0.1, 0.15) is 0 Å². The number of hydrogen-bond acceptors (Lipinski definition) is 1. The quantitative estimate of drug-likeness (QED) is 0.702. The highest BCUT2D eigenvalue weighted by Crippen LogP contribution is 2.29. The number of aromatic amines is 1. The Morgan fingerprint density at radius 3 is 2.76 bits per heavy atom. The van der Waals surface area contributed by atoms with E-state index in [9.17, 15) is 0 Å². The van der Waals surface area contributed by atoms with Crippen LogP contribution >= 0.6 is 0 Å². The molecule has 0 aliphatic rings. The Morgan fingerprint density at radius 1 is 1.12 bits per heavy atom. The normalized spacial score (nSPS) is 10.9. The molecule has 1 aromatic carbocycles. The molecule has 3 rings (SSSR count). The van der Waals surface area contributed by atoms with Crippen molar-refractivity contribution in [3.05, 3.63) is 54.4 Å². The van der Waals surface area contributed by atoms with Crippen molar-refractivity contribution in [3.63, 3.8) is 0 Å². The Labute approximate surface area is 100 Å². The van der Waals surface area contributed by atoms with Crippen molar-refractivity contribution in [2.45, 2.75) is 13.3 Å². The molecule has 84 valence electrons. The summed E-state index contributed by atoms with van der Waals surface area (Å²) in [6.45, 7) is 2.19. The van der Waals surface area contributed by atoms with Crippen LogP contribution in [-0.2, 0) is 6.42 Å². The third-order valence-electron chi connectivity index (χ3n) is 3.12. The summed E-state index contributed by atoms with van der Waals surface area (Å²) in [5, 5.41) is 1.31.